The van der Waals surface area contributed by atoms with E-state index in [4.69, 9.17) is 23.4 Å². The van der Waals surface area contributed by atoms with Crippen molar-refractivity contribution in [1.82, 2.24) is 0 Å². The van der Waals surface area contributed by atoms with Crippen LogP contribution in [0.4, 0.5) is 0 Å². The summed E-state index contributed by atoms with van der Waals surface area (Å²) in [7, 11) is -2.16. The largest absolute Gasteiger partial charge is 0.457 e. The van der Waals surface area contributed by atoms with E-state index in [1.165, 1.54) is 6.92 Å². The highest BCUT2D eigenvalue weighted by Gasteiger charge is 2.71. The summed E-state index contributed by atoms with van der Waals surface area (Å²) in [4.78, 5) is 12.1. The summed E-state index contributed by atoms with van der Waals surface area (Å²) in [6.07, 6.45) is 0.639. The average Bonchev–Trinajstić information content (AvgIpc) is 3.54. The fraction of sp³-hybridized carbons (Fsp3) is 0.567. The minimum Gasteiger partial charge on any atom is -0.457 e. The summed E-state index contributed by atoms with van der Waals surface area (Å²) in [5.41, 5.74) is 0.684. The molecule has 2 aromatic carbocycles. The highest BCUT2D eigenvalue weighted by atomic mass is 28.4. The van der Waals surface area contributed by atoms with Gasteiger partial charge >= 0.3 is 5.97 Å². The number of hydrogen-bond donors (Lipinski definition) is 0. The lowest BCUT2D eigenvalue weighted by molar-refractivity contribution is -0.197. The van der Waals surface area contributed by atoms with E-state index in [0.29, 0.717) is 13.2 Å². The third-order valence-corrected chi connectivity index (χ3v) is 12.6. The Morgan fingerprint density at radius 3 is 2.05 bits per heavy atom. The minimum absolute atomic E-state index is 0.0307. The molecular formula is C30H42O6Si. The normalized spacial score (nSPS) is 25.1. The summed E-state index contributed by atoms with van der Waals surface area (Å²) in [6, 6.07) is 20.1. The van der Waals surface area contributed by atoms with E-state index < -0.39 is 31.7 Å². The Morgan fingerprint density at radius 2 is 1.54 bits per heavy atom. The third kappa shape index (κ3) is 6.18. The van der Waals surface area contributed by atoms with E-state index >= 15 is 0 Å². The van der Waals surface area contributed by atoms with E-state index in [2.05, 4.69) is 33.9 Å². The van der Waals surface area contributed by atoms with Crippen LogP contribution >= 0.6 is 0 Å². The van der Waals surface area contributed by atoms with Gasteiger partial charge in [-0.1, -0.05) is 81.4 Å². The number of carbonyl (C=O) groups excluding carboxylic acids is 1. The van der Waals surface area contributed by atoms with Crippen LogP contribution in [-0.2, 0) is 41.4 Å². The topological polar surface area (TPSA) is 63.2 Å². The van der Waals surface area contributed by atoms with Crippen LogP contribution in [0.3, 0.4) is 0 Å². The lowest BCUT2D eigenvalue weighted by atomic mass is 9.87. The van der Waals surface area contributed by atoms with Gasteiger partial charge in [-0.25, -0.2) is 0 Å². The van der Waals surface area contributed by atoms with Gasteiger partial charge in [0, 0.05) is 6.92 Å². The molecule has 4 rings (SSSR count). The van der Waals surface area contributed by atoms with Crippen molar-refractivity contribution in [2.75, 3.05) is 13.2 Å². The van der Waals surface area contributed by atoms with Gasteiger partial charge in [0.25, 0.3) is 0 Å². The van der Waals surface area contributed by atoms with E-state index in [-0.39, 0.29) is 24.2 Å². The average molecular weight is 527 g/mol. The zero-order valence-electron chi connectivity index (χ0n) is 23.1. The molecule has 0 amide bonds. The van der Waals surface area contributed by atoms with Crippen LogP contribution in [-0.4, -0.2) is 50.9 Å². The summed E-state index contributed by atoms with van der Waals surface area (Å²) in [5, 5.41) is 0.0307. The number of hydrogen-bond acceptors (Lipinski definition) is 6. The zero-order valence-corrected chi connectivity index (χ0v) is 24.1. The highest BCUT2D eigenvalue weighted by Crippen LogP contribution is 2.58. The maximum Gasteiger partial charge on any atom is 0.303 e. The number of esters is 1. The van der Waals surface area contributed by atoms with Gasteiger partial charge < -0.3 is 23.4 Å². The Kier molecular flexibility index (Phi) is 8.31. The van der Waals surface area contributed by atoms with Crippen molar-refractivity contribution in [2.45, 2.75) is 95.3 Å². The predicted molar refractivity (Wildman–Crippen MR) is 146 cm³/mol. The van der Waals surface area contributed by atoms with Crippen LogP contribution in [0.25, 0.3) is 0 Å². The molecule has 1 saturated heterocycles. The van der Waals surface area contributed by atoms with Gasteiger partial charge in [-0.15, -0.1) is 0 Å². The highest BCUT2D eigenvalue weighted by molar-refractivity contribution is 6.74. The van der Waals surface area contributed by atoms with Crippen molar-refractivity contribution in [1.29, 1.82) is 0 Å². The molecule has 7 heteroatoms. The predicted octanol–water partition coefficient (Wildman–Crippen LogP) is 6.04. The van der Waals surface area contributed by atoms with Crippen molar-refractivity contribution >= 4 is 14.3 Å². The Morgan fingerprint density at radius 1 is 0.973 bits per heavy atom. The smallest absolute Gasteiger partial charge is 0.303 e. The fourth-order valence-electron chi connectivity index (χ4n) is 4.92. The monoisotopic (exact) mass is 526 g/mol. The van der Waals surface area contributed by atoms with Crippen molar-refractivity contribution in [3.8, 4) is 0 Å². The van der Waals surface area contributed by atoms with Crippen molar-refractivity contribution in [3.63, 3.8) is 0 Å². The molecule has 1 aliphatic heterocycles. The molecule has 1 aliphatic carbocycles. The van der Waals surface area contributed by atoms with Gasteiger partial charge in [0.15, 0.2) is 14.4 Å². The summed E-state index contributed by atoms with van der Waals surface area (Å²) < 4.78 is 32.5. The molecule has 2 fully saturated rings. The van der Waals surface area contributed by atoms with Gasteiger partial charge in [-0.05, 0) is 42.1 Å². The first-order valence-corrected chi connectivity index (χ1v) is 16.2. The van der Waals surface area contributed by atoms with E-state index in [9.17, 15) is 4.79 Å². The van der Waals surface area contributed by atoms with Crippen LogP contribution in [0.2, 0.25) is 18.1 Å². The van der Waals surface area contributed by atoms with Crippen molar-refractivity contribution < 1.29 is 28.2 Å². The second kappa shape index (κ2) is 11.0. The van der Waals surface area contributed by atoms with E-state index in [1.54, 1.807) is 0 Å². The molecule has 6 nitrogen and oxygen atoms in total. The quantitative estimate of drug-likeness (QED) is 0.263. The second-order valence-corrected chi connectivity index (χ2v) is 16.6. The van der Waals surface area contributed by atoms with Crippen LogP contribution in [0.5, 0.6) is 0 Å². The third-order valence-electron chi connectivity index (χ3n) is 8.05. The van der Waals surface area contributed by atoms with Gasteiger partial charge in [0.1, 0.15) is 11.7 Å². The van der Waals surface area contributed by atoms with Crippen LogP contribution in [0.15, 0.2) is 60.7 Å². The SMILES string of the molecule is CC(=O)OC1COC(COCc2ccccc2)(C2(O[Si](C)(C)C(C)(C)C)CC2)C1OCc1ccccc1. The summed E-state index contributed by atoms with van der Waals surface area (Å²) in [5.74, 6) is -0.349. The Balaban J connectivity index is 1.66. The number of carbonyl (C=O) groups is 1. The van der Waals surface area contributed by atoms with E-state index in [1.807, 2.05) is 60.7 Å². The molecule has 2 aliphatic rings. The van der Waals surface area contributed by atoms with Gasteiger partial charge in [0.2, 0.25) is 0 Å². The Labute approximate surface area is 222 Å². The first kappa shape index (κ1) is 28.0. The number of benzene rings is 2. The molecule has 3 atom stereocenters. The number of rotatable bonds is 11. The fourth-order valence-corrected chi connectivity index (χ4v) is 6.58. The molecule has 0 N–H and O–H groups in total. The van der Waals surface area contributed by atoms with Gasteiger partial charge in [0.05, 0.1) is 32.0 Å². The van der Waals surface area contributed by atoms with Crippen molar-refractivity contribution in [2.24, 2.45) is 0 Å². The Bertz CT molecular complexity index is 1030. The van der Waals surface area contributed by atoms with E-state index in [0.717, 1.165) is 24.0 Å². The molecule has 0 bridgehead atoms. The van der Waals surface area contributed by atoms with Gasteiger partial charge in [-0.3, -0.25) is 4.79 Å². The van der Waals surface area contributed by atoms with Crippen LogP contribution in [0, 0.1) is 0 Å². The maximum absolute atomic E-state index is 12.1. The first-order chi connectivity index (χ1) is 17.5. The molecular weight excluding hydrogens is 484 g/mol. The lowest BCUT2D eigenvalue weighted by Gasteiger charge is -2.47. The molecule has 1 saturated carbocycles. The molecule has 3 unspecified atom stereocenters. The zero-order chi connectivity index (χ0) is 26.7. The van der Waals surface area contributed by atoms with Gasteiger partial charge in [-0.2, -0.15) is 0 Å². The molecule has 0 radical (unpaired) electrons. The molecule has 2 aromatic rings. The minimum atomic E-state index is -2.16. The van der Waals surface area contributed by atoms with Crippen LogP contribution in [0.1, 0.15) is 51.7 Å². The lowest BCUT2D eigenvalue weighted by Crippen LogP contribution is -2.62. The molecule has 0 aromatic heterocycles. The Hall–Kier alpha value is -2.03. The maximum atomic E-state index is 12.1. The van der Waals surface area contributed by atoms with Crippen molar-refractivity contribution in [3.05, 3.63) is 71.8 Å². The number of ether oxygens (including phenoxy) is 4. The standard InChI is InChI=1S/C30H42O6Si/c1-23(31)35-26-21-34-30(22-32-19-24-13-9-7-10-14-24,27(26)33-20-25-15-11-8-12-16-25)29(17-18-29)36-37(5,6)28(2,3)4/h7-16,26-27H,17-22H2,1-6H3. The molecule has 37 heavy (non-hydrogen) atoms. The molecule has 202 valence electrons. The van der Waals surface area contributed by atoms with Crippen LogP contribution < -0.4 is 0 Å². The second-order valence-electron chi connectivity index (χ2n) is 11.9. The molecule has 0 spiro atoms. The summed E-state index contributed by atoms with van der Waals surface area (Å²) in [6.45, 7) is 14.1. The first-order valence-electron chi connectivity index (χ1n) is 13.3. The summed E-state index contributed by atoms with van der Waals surface area (Å²) >= 11 is 0. The molecule has 1 heterocycles.